The van der Waals surface area contributed by atoms with Crippen molar-refractivity contribution in [3.05, 3.63) is 113 Å². The molecule has 5 rings (SSSR count). The van der Waals surface area contributed by atoms with Gasteiger partial charge in [0.25, 0.3) is 17.7 Å². The van der Waals surface area contributed by atoms with Crippen LogP contribution in [0.1, 0.15) is 81.4 Å². The number of likely N-dealkylation sites (N-methyl/N-ethyl adjacent to an activating group) is 1. The first kappa shape index (κ1) is 36.2. The van der Waals surface area contributed by atoms with Gasteiger partial charge in [0.2, 0.25) is 0 Å². The number of carbonyl (C=O) groups is 3. The highest BCUT2D eigenvalue weighted by Gasteiger charge is 2.23. The van der Waals surface area contributed by atoms with E-state index in [9.17, 15) is 14.4 Å². The minimum absolute atomic E-state index is 0.0506. The van der Waals surface area contributed by atoms with Crippen LogP contribution in [0.5, 0.6) is 0 Å². The maximum atomic E-state index is 13.7. The molecule has 1 atom stereocenters. The van der Waals surface area contributed by atoms with Crippen LogP contribution in [0, 0.1) is 0 Å². The molecule has 0 aliphatic heterocycles. The van der Waals surface area contributed by atoms with Gasteiger partial charge in [-0.25, -0.2) is 0 Å². The van der Waals surface area contributed by atoms with E-state index in [1.165, 1.54) is 11.1 Å². The molecule has 10 nitrogen and oxygen atoms in total. The minimum atomic E-state index is -0.354. The molecule has 10 heteroatoms. The van der Waals surface area contributed by atoms with Crippen molar-refractivity contribution >= 4 is 29.1 Å². The van der Waals surface area contributed by atoms with Crippen LogP contribution in [0.3, 0.4) is 0 Å². The summed E-state index contributed by atoms with van der Waals surface area (Å²) in [5.41, 5.74) is 12.1. The van der Waals surface area contributed by atoms with Gasteiger partial charge in [0.15, 0.2) is 0 Å². The quantitative estimate of drug-likeness (QED) is 0.120. The lowest BCUT2D eigenvalue weighted by atomic mass is 9.87. The molecule has 50 heavy (non-hydrogen) atoms. The first-order valence-corrected chi connectivity index (χ1v) is 17.6. The first-order chi connectivity index (χ1) is 24.3. The molecule has 1 heterocycles. The number of nitrogens with one attached hydrogen (secondary N) is 3. The Balaban J connectivity index is 1.37. The van der Waals surface area contributed by atoms with Crippen LogP contribution >= 0.6 is 0 Å². The zero-order valence-electron chi connectivity index (χ0n) is 29.4. The highest BCUT2D eigenvalue weighted by Crippen LogP contribution is 2.33. The average molecular weight is 676 g/mol. The summed E-state index contributed by atoms with van der Waals surface area (Å²) < 4.78 is 0. The van der Waals surface area contributed by atoms with Crippen LogP contribution in [-0.4, -0.2) is 73.9 Å². The average Bonchev–Trinajstić information content (AvgIpc) is 3.15. The molecule has 0 radical (unpaired) electrons. The molecule has 0 fully saturated rings. The van der Waals surface area contributed by atoms with Crippen LogP contribution in [0.15, 0.2) is 85.1 Å². The number of amides is 3. The van der Waals surface area contributed by atoms with Gasteiger partial charge in [0, 0.05) is 67.4 Å². The summed E-state index contributed by atoms with van der Waals surface area (Å²) in [6.07, 6.45) is 5.43. The molecule has 0 unspecified atom stereocenters. The number of anilines is 2. The number of pyridine rings is 1. The molecule has 0 spiro atoms. The number of aryl methyl sites for hydroxylation is 1. The van der Waals surface area contributed by atoms with E-state index in [0.717, 1.165) is 51.0 Å². The van der Waals surface area contributed by atoms with E-state index >= 15 is 0 Å². The van der Waals surface area contributed by atoms with Gasteiger partial charge in [-0.3, -0.25) is 19.4 Å². The summed E-state index contributed by atoms with van der Waals surface area (Å²) in [6, 6.07) is 24.3. The van der Waals surface area contributed by atoms with Gasteiger partial charge in [0.05, 0.1) is 17.4 Å². The van der Waals surface area contributed by atoms with Crippen molar-refractivity contribution in [2.45, 2.75) is 45.6 Å². The summed E-state index contributed by atoms with van der Waals surface area (Å²) in [7, 11) is 1.75. The number of rotatable bonds is 15. The number of aromatic nitrogens is 1. The number of hydrogen-bond donors (Lipinski definition) is 4. The lowest BCUT2D eigenvalue weighted by Gasteiger charge is -2.26. The highest BCUT2D eigenvalue weighted by atomic mass is 16.2. The van der Waals surface area contributed by atoms with E-state index < -0.39 is 0 Å². The lowest BCUT2D eigenvalue weighted by Crippen LogP contribution is -2.34. The topological polar surface area (TPSA) is 133 Å². The van der Waals surface area contributed by atoms with E-state index in [1.807, 2.05) is 30.3 Å². The maximum Gasteiger partial charge on any atom is 0.255 e. The molecule has 3 aromatic carbocycles. The Morgan fingerprint density at radius 1 is 0.880 bits per heavy atom. The molecule has 1 aliphatic carbocycles. The highest BCUT2D eigenvalue weighted by molar-refractivity contribution is 6.08. The number of fused-ring (bicyclic) bond motifs is 1. The Labute approximate surface area is 295 Å². The van der Waals surface area contributed by atoms with E-state index in [0.29, 0.717) is 53.3 Å². The predicted molar refractivity (Wildman–Crippen MR) is 201 cm³/mol. The largest absolute Gasteiger partial charge is 0.372 e. The molecule has 1 aliphatic rings. The summed E-state index contributed by atoms with van der Waals surface area (Å²) >= 11 is 0. The third kappa shape index (κ3) is 8.94. The SMILES string of the molecule is CCN(CC)c1ccc(NC(=O)c2cccc(C(=O)N(C)CCNCCCN)c2)c(-c2cc(C(=O)N[C@H]3CCCc4ccccc43)ccn2)c1. The minimum Gasteiger partial charge on any atom is -0.372 e. The van der Waals surface area contributed by atoms with Crippen LogP contribution < -0.4 is 26.6 Å². The lowest BCUT2D eigenvalue weighted by molar-refractivity contribution is 0.0795. The van der Waals surface area contributed by atoms with Crippen molar-refractivity contribution in [1.29, 1.82) is 0 Å². The molecule has 3 amide bonds. The van der Waals surface area contributed by atoms with Crippen molar-refractivity contribution in [1.82, 2.24) is 20.5 Å². The Morgan fingerprint density at radius 2 is 1.66 bits per heavy atom. The zero-order chi connectivity index (χ0) is 35.5. The van der Waals surface area contributed by atoms with E-state index in [-0.39, 0.29) is 23.8 Å². The van der Waals surface area contributed by atoms with Gasteiger partial charge < -0.3 is 31.5 Å². The monoisotopic (exact) mass is 675 g/mol. The molecule has 0 saturated carbocycles. The Morgan fingerprint density at radius 3 is 2.46 bits per heavy atom. The fourth-order valence-electron chi connectivity index (χ4n) is 6.41. The van der Waals surface area contributed by atoms with Crippen LogP contribution in [0.25, 0.3) is 11.3 Å². The van der Waals surface area contributed by atoms with Gasteiger partial charge in [-0.15, -0.1) is 0 Å². The number of hydrogen-bond acceptors (Lipinski definition) is 7. The maximum absolute atomic E-state index is 13.7. The second-order valence-corrected chi connectivity index (χ2v) is 12.6. The number of nitrogens with zero attached hydrogens (tertiary/aromatic N) is 3. The van der Waals surface area contributed by atoms with E-state index in [4.69, 9.17) is 5.73 Å². The number of nitrogens with two attached hydrogens (primary N) is 1. The Bertz CT molecular complexity index is 1790. The van der Waals surface area contributed by atoms with E-state index in [2.05, 4.69) is 51.8 Å². The summed E-state index contributed by atoms with van der Waals surface area (Å²) in [4.78, 5) is 49.0. The molecular formula is C40H49N7O3. The summed E-state index contributed by atoms with van der Waals surface area (Å²) in [5.74, 6) is -0.688. The molecule has 262 valence electrons. The second-order valence-electron chi connectivity index (χ2n) is 12.6. The molecule has 0 saturated heterocycles. The second kappa shape index (κ2) is 17.6. The van der Waals surface area contributed by atoms with Crippen molar-refractivity contribution in [3.63, 3.8) is 0 Å². The van der Waals surface area contributed by atoms with Crippen LogP contribution in [0.4, 0.5) is 11.4 Å². The molecular weight excluding hydrogens is 626 g/mol. The Kier molecular flexibility index (Phi) is 12.7. The fourth-order valence-corrected chi connectivity index (χ4v) is 6.41. The normalized spacial score (nSPS) is 13.6. The van der Waals surface area contributed by atoms with Gasteiger partial charge in [-0.05, 0) is 112 Å². The fraction of sp³-hybridized carbons (Fsp3) is 0.350. The van der Waals surface area contributed by atoms with Crippen LogP contribution in [-0.2, 0) is 6.42 Å². The summed E-state index contributed by atoms with van der Waals surface area (Å²) in [6.45, 7) is 8.40. The summed E-state index contributed by atoms with van der Waals surface area (Å²) in [5, 5.41) is 9.58. The van der Waals surface area contributed by atoms with Gasteiger partial charge >= 0.3 is 0 Å². The van der Waals surface area contributed by atoms with E-state index in [1.54, 1.807) is 54.5 Å². The third-order valence-corrected chi connectivity index (χ3v) is 9.25. The van der Waals surface area contributed by atoms with Crippen molar-refractivity contribution in [3.8, 4) is 11.3 Å². The van der Waals surface area contributed by atoms with Crippen molar-refractivity contribution < 1.29 is 14.4 Å². The predicted octanol–water partition coefficient (Wildman–Crippen LogP) is 5.66. The van der Waals surface area contributed by atoms with Crippen molar-refractivity contribution in [2.75, 3.05) is 56.5 Å². The number of benzene rings is 3. The van der Waals surface area contributed by atoms with Gasteiger partial charge in [-0.2, -0.15) is 0 Å². The molecule has 1 aromatic heterocycles. The third-order valence-electron chi connectivity index (χ3n) is 9.25. The Hall–Kier alpha value is -5.06. The molecule has 5 N–H and O–H groups in total. The number of carbonyl (C=O) groups excluding carboxylic acids is 3. The first-order valence-electron chi connectivity index (χ1n) is 17.6. The smallest absolute Gasteiger partial charge is 0.255 e. The van der Waals surface area contributed by atoms with Gasteiger partial charge in [-0.1, -0.05) is 30.3 Å². The molecule has 4 aromatic rings. The molecule has 0 bridgehead atoms. The standard InChI is InChI=1S/C40H49N7O3/c1-4-47(5-2)32-17-18-36(45-38(48)29-13-8-14-31(25-29)40(50)46(3)24-23-42-21-10-20-41)34(27-32)37-26-30(19-22-43-37)39(49)44-35-16-9-12-28-11-6-7-15-33(28)35/h6-8,11,13-15,17-19,22,25-27,35,42H,4-5,9-10,12,16,20-21,23-24,41H2,1-3H3,(H,44,49)(H,45,48)/t35-/m0/s1. The van der Waals surface area contributed by atoms with Crippen molar-refractivity contribution in [2.24, 2.45) is 5.73 Å². The zero-order valence-corrected chi connectivity index (χ0v) is 29.4. The van der Waals surface area contributed by atoms with Gasteiger partial charge in [0.1, 0.15) is 0 Å². The van der Waals surface area contributed by atoms with Crippen LogP contribution in [0.2, 0.25) is 0 Å².